The molecule has 0 aliphatic heterocycles. The number of rotatable bonds is 4. The monoisotopic (exact) mass is 269 g/mol. The number of fused-ring (bicyclic) bond motifs is 1. The van der Waals surface area contributed by atoms with Crippen molar-refractivity contribution < 1.29 is 4.79 Å². The molecule has 0 radical (unpaired) electrons. The van der Waals surface area contributed by atoms with Gasteiger partial charge in [-0.1, -0.05) is 0 Å². The third kappa shape index (κ3) is 2.54. The Morgan fingerprint density at radius 2 is 2.35 bits per heavy atom. The fourth-order valence-electron chi connectivity index (χ4n) is 2.10. The maximum Gasteiger partial charge on any atom is 0.251 e. The quantitative estimate of drug-likeness (QED) is 0.749. The Balaban J connectivity index is 1.61. The number of aromatic amines is 1. The number of benzene rings is 1. The molecule has 1 aromatic carbocycles. The molecule has 0 bridgehead atoms. The molecular weight excluding hydrogens is 254 g/mol. The Kier molecular flexibility index (Phi) is 3.20. The number of nitrogens with zero attached hydrogens (tertiary/aromatic N) is 3. The van der Waals surface area contributed by atoms with Gasteiger partial charge in [0.1, 0.15) is 0 Å². The van der Waals surface area contributed by atoms with Gasteiger partial charge in [0.15, 0.2) is 0 Å². The number of aryl methyl sites for hydroxylation is 1. The molecule has 2 heterocycles. The first kappa shape index (κ1) is 12.4. The number of amides is 1. The van der Waals surface area contributed by atoms with E-state index in [1.165, 1.54) is 0 Å². The van der Waals surface area contributed by atoms with Gasteiger partial charge in [0.05, 0.1) is 23.6 Å². The first-order chi connectivity index (χ1) is 9.72. The zero-order valence-electron chi connectivity index (χ0n) is 11.1. The molecule has 0 aliphatic rings. The maximum atomic E-state index is 12.0. The Hall–Kier alpha value is -2.63. The predicted octanol–water partition coefficient (Wildman–Crippen LogP) is 1.27. The van der Waals surface area contributed by atoms with Crippen LogP contribution in [0.1, 0.15) is 15.9 Å². The van der Waals surface area contributed by atoms with Crippen molar-refractivity contribution in [3.63, 3.8) is 0 Å². The second kappa shape index (κ2) is 5.16. The number of hydrogen-bond donors (Lipinski definition) is 2. The van der Waals surface area contributed by atoms with E-state index in [0.29, 0.717) is 12.1 Å². The number of imidazole rings is 1. The number of aromatic nitrogens is 4. The lowest BCUT2D eigenvalue weighted by Crippen LogP contribution is -2.25. The standard InChI is InChI=1S/C14H15N5O/c1-19-8-10(7-18-19)4-5-15-14(20)11-2-3-12-13(6-11)17-9-16-12/h2-3,6-9H,4-5H2,1H3,(H,15,20)(H,16,17). The molecule has 0 unspecified atom stereocenters. The van der Waals surface area contributed by atoms with Crippen molar-refractivity contribution in [2.24, 2.45) is 7.05 Å². The van der Waals surface area contributed by atoms with Gasteiger partial charge in [0, 0.05) is 25.4 Å². The van der Waals surface area contributed by atoms with E-state index in [0.717, 1.165) is 23.0 Å². The molecule has 0 atom stereocenters. The van der Waals surface area contributed by atoms with Gasteiger partial charge >= 0.3 is 0 Å². The summed E-state index contributed by atoms with van der Waals surface area (Å²) in [6.07, 6.45) is 6.15. The van der Waals surface area contributed by atoms with E-state index in [4.69, 9.17) is 0 Å². The molecule has 6 nitrogen and oxygen atoms in total. The van der Waals surface area contributed by atoms with Crippen molar-refractivity contribution in [2.45, 2.75) is 6.42 Å². The minimum Gasteiger partial charge on any atom is -0.352 e. The molecule has 6 heteroatoms. The van der Waals surface area contributed by atoms with Crippen LogP contribution in [0.2, 0.25) is 0 Å². The van der Waals surface area contributed by atoms with E-state index >= 15 is 0 Å². The topological polar surface area (TPSA) is 75.6 Å². The van der Waals surface area contributed by atoms with Crippen LogP contribution in [0.25, 0.3) is 11.0 Å². The van der Waals surface area contributed by atoms with E-state index in [1.807, 2.05) is 31.6 Å². The van der Waals surface area contributed by atoms with Gasteiger partial charge in [-0.25, -0.2) is 4.98 Å². The van der Waals surface area contributed by atoms with Crippen LogP contribution in [-0.4, -0.2) is 32.2 Å². The highest BCUT2D eigenvalue weighted by atomic mass is 16.1. The van der Waals surface area contributed by atoms with Gasteiger partial charge in [-0.2, -0.15) is 5.10 Å². The van der Waals surface area contributed by atoms with Crippen molar-refractivity contribution in [1.82, 2.24) is 25.1 Å². The smallest absolute Gasteiger partial charge is 0.251 e. The van der Waals surface area contributed by atoms with Gasteiger partial charge in [-0.3, -0.25) is 9.48 Å². The van der Waals surface area contributed by atoms with Crippen molar-refractivity contribution in [1.29, 1.82) is 0 Å². The molecule has 0 spiro atoms. The molecule has 0 aliphatic carbocycles. The van der Waals surface area contributed by atoms with Crippen LogP contribution < -0.4 is 5.32 Å². The number of H-pyrrole nitrogens is 1. The van der Waals surface area contributed by atoms with Crippen LogP contribution in [0.5, 0.6) is 0 Å². The SMILES string of the molecule is Cn1cc(CCNC(=O)c2ccc3nc[nH]c3c2)cn1. The summed E-state index contributed by atoms with van der Waals surface area (Å²) in [5.74, 6) is -0.0783. The van der Waals surface area contributed by atoms with E-state index in [2.05, 4.69) is 20.4 Å². The average Bonchev–Trinajstić information content (AvgIpc) is 3.06. The number of nitrogens with one attached hydrogen (secondary N) is 2. The molecule has 3 aromatic rings. The summed E-state index contributed by atoms with van der Waals surface area (Å²) in [4.78, 5) is 19.2. The van der Waals surface area contributed by atoms with Crippen molar-refractivity contribution in [3.8, 4) is 0 Å². The van der Waals surface area contributed by atoms with Crippen molar-refractivity contribution in [3.05, 3.63) is 48.0 Å². The maximum absolute atomic E-state index is 12.0. The second-order valence-electron chi connectivity index (χ2n) is 4.66. The molecule has 2 aromatic heterocycles. The fourth-order valence-corrected chi connectivity index (χ4v) is 2.10. The molecule has 3 rings (SSSR count). The first-order valence-corrected chi connectivity index (χ1v) is 6.41. The van der Waals surface area contributed by atoms with Crippen LogP contribution >= 0.6 is 0 Å². The Labute approximate surface area is 115 Å². The van der Waals surface area contributed by atoms with Crippen molar-refractivity contribution in [2.75, 3.05) is 6.54 Å². The molecule has 102 valence electrons. The van der Waals surface area contributed by atoms with Gasteiger partial charge < -0.3 is 10.3 Å². The molecule has 0 fully saturated rings. The molecule has 20 heavy (non-hydrogen) atoms. The Morgan fingerprint density at radius 3 is 3.15 bits per heavy atom. The van der Waals surface area contributed by atoms with Gasteiger partial charge in [-0.05, 0) is 30.2 Å². The summed E-state index contributed by atoms with van der Waals surface area (Å²) in [6, 6.07) is 5.42. The van der Waals surface area contributed by atoms with Crippen LogP contribution in [0.3, 0.4) is 0 Å². The zero-order valence-corrected chi connectivity index (χ0v) is 11.1. The fraction of sp³-hybridized carbons (Fsp3) is 0.214. The molecule has 0 saturated carbocycles. The summed E-state index contributed by atoms with van der Waals surface area (Å²) in [5, 5.41) is 7.00. The van der Waals surface area contributed by atoms with Crippen LogP contribution in [0.15, 0.2) is 36.9 Å². The van der Waals surface area contributed by atoms with Gasteiger partial charge in [0.25, 0.3) is 5.91 Å². The normalized spacial score (nSPS) is 10.8. The minimum atomic E-state index is -0.0783. The van der Waals surface area contributed by atoms with E-state index in [1.54, 1.807) is 17.1 Å². The lowest BCUT2D eigenvalue weighted by atomic mass is 10.2. The van der Waals surface area contributed by atoms with E-state index in [-0.39, 0.29) is 5.91 Å². The van der Waals surface area contributed by atoms with Gasteiger partial charge in [-0.15, -0.1) is 0 Å². The summed E-state index contributed by atoms with van der Waals surface area (Å²) in [5.41, 5.74) is 3.46. The van der Waals surface area contributed by atoms with Gasteiger partial charge in [0.2, 0.25) is 0 Å². The van der Waals surface area contributed by atoms with Crippen LogP contribution in [0, 0.1) is 0 Å². The molecule has 1 amide bonds. The highest BCUT2D eigenvalue weighted by Gasteiger charge is 2.07. The van der Waals surface area contributed by atoms with Crippen molar-refractivity contribution >= 4 is 16.9 Å². The third-order valence-electron chi connectivity index (χ3n) is 3.14. The van der Waals surface area contributed by atoms with Crippen LogP contribution in [-0.2, 0) is 13.5 Å². The summed E-state index contributed by atoms with van der Waals surface area (Å²) < 4.78 is 1.75. The molecular formula is C14H15N5O. The Morgan fingerprint density at radius 1 is 1.45 bits per heavy atom. The van der Waals surface area contributed by atoms with Crippen LogP contribution in [0.4, 0.5) is 0 Å². The number of hydrogen-bond acceptors (Lipinski definition) is 3. The number of carbonyl (C=O) groups excluding carboxylic acids is 1. The van der Waals surface area contributed by atoms with E-state index in [9.17, 15) is 4.79 Å². The molecule has 2 N–H and O–H groups in total. The minimum absolute atomic E-state index is 0.0783. The summed E-state index contributed by atoms with van der Waals surface area (Å²) in [6.45, 7) is 0.589. The lowest BCUT2D eigenvalue weighted by Gasteiger charge is -2.04. The average molecular weight is 269 g/mol. The summed E-state index contributed by atoms with van der Waals surface area (Å²) >= 11 is 0. The first-order valence-electron chi connectivity index (χ1n) is 6.41. The summed E-state index contributed by atoms with van der Waals surface area (Å²) in [7, 11) is 1.88. The highest BCUT2D eigenvalue weighted by Crippen LogP contribution is 2.11. The second-order valence-corrected chi connectivity index (χ2v) is 4.66. The van der Waals surface area contributed by atoms with E-state index < -0.39 is 0 Å². The molecule has 0 saturated heterocycles. The lowest BCUT2D eigenvalue weighted by molar-refractivity contribution is 0.0954. The Bertz CT molecular complexity index is 743. The predicted molar refractivity (Wildman–Crippen MR) is 75.3 cm³/mol. The number of carbonyl (C=O) groups is 1. The zero-order chi connectivity index (χ0) is 13.9. The largest absolute Gasteiger partial charge is 0.352 e. The highest BCUT2D eigenvalue weighted by molar-refractivity contribution is 5.97. The third-order valence-corrected chi connectivity index (χ3v) is 3.14.